The summed E-state index contributed by atoms with van der Waals surface area (Å²) in [5, 5.41) is 2.88. The van der Waals surface area contributed by atoms with Crippen LogP contribution in [0, 0.1) is 5.92 Å². The summed E-state index contributed by atoms with van der Waals surface area (Å²) in [6.45, 7) is 1.94. The van der Waals surface area contributed by atoms with Gasteiger partial charge in [-0.25, -0.2) is 0 Å². The maximum absolute atomic E-state index is 11.7. The van der Waals surface area contributed by atoms with Crippen LogP contribution in [0.2, 0.25) is 0 Å². The van der Waals surface area contributed by atoms with Crippen molar-refractivity contribution in [2.45, 2.75) is 6.92 Å². The molecule has 0 aliphatic heterocycles. The lowest BCUT2D eigenvalue weighted by molar-refractivity contribution is -0.118. The lowest BCUT2D eigenvalue weighted by atomic mass is 10.2. The average Bonchev–Trinajstić information content (AvgIpc) is 2.22. The van der Waals surface area contributed by atoms with Gasteiger partial charge in [0.2, 0.25) is 5.91 Å². The minimum Gasteiger partial charge on any atom is -0.326 e. The molecule has 1 aromatic carbocycles. The van der Waals surface area contributed by atoms with Crippen LogP contribution in [0.3, 0.4) is 0 Å². The molecule has 0 radical (unpaired) electrons. The van der Waals surface area contributed by atoms with E-state index in [0.717, 1.165) is 15.9 Å². The molecule has 1 aromatic rings. The Bertz CT molecular complexity index is 326. The van der Waals surface area contributed by atoms with E-state index in [1.807, 2.05) is 37.4 Å². The van der Waals surface area contributed by atoms with Crippen LogP contribution in [0.15, 0.2) is 28.7 Å². The highest BCUT2D eigenvalue weighted by atomic mass is 79.9. The van der Waals surface area contributed by atoms with Crippen molar-refractivity contribution in [1.29, 1.82) is 0 Å². The SMILES string of the molecule is CSCC(C)C(=O)Nc1ccc(Br)cc1. The molecule has 1 unspecified atom stereocenters. The molecule has 0 saturated heterocycles. The van der Waals surface area contributed by atoms with Crippen LogP contribution < -0.4 is 5.32 Å². The lowest BCUT2D eigenvalue weighted by Gasteiger charge is -2.10. The predicted octanol–water partition coefficient (Wildman–Crippen LogP) is 3.39. The Balaban J connectivity index is 2.54. The van der Waals surface area contributed by atoms with E-state index in [4.69, 9.17) is 0 Å². The van der Waals surface area contributed by atoms with Crippen molar-refractivity contribution >= 4 is 39.3 Å². The number of anilines is 1. The number of hydrogen-bond donors (Lipinski definition) is 1. The molecule has 15 heavy (non-hydrogen) atoms. The summed E-state index contributed by atoms with van der Waals surface area (Å²) in [5.74, 6) is 0.970. The summed E-state index contributed by atoms with van der Waals surface area (Å²) in [6.07, 6.45) is 2.00. The smallest absolute Gasteiger partial charge is 0.228 e. The first kappa shape index (κ1) is 12.6. The van der Waals surface area contributed by atoms with Crippen molar-refractivity contribution in [2.75, 3.05) is 17.3 Å². The Kier molecular flexibility index (Phi) is 5.19. The monoisotopic (exact) mass is 287 g/mol. The molecule has 1 amide bonds. The maximum Gasteiger partial charge on any atom is 0.228 e. The number of benzene rings is 1. The summed E-state index contributed by atoms with van der Waals surface area (Å²) in [6, 6.07) is 7.59. The summed E-state index contributed by atoms with van der Waals surface area (Å²) < 4.78 is 1.01. The van der Waals surface area contributed by atoms with Gasteiger partial charge in [0.05, 0.1) is 0 Å². The van der Waals surface area contributed by atoms with Crippen molar-refractivity contribution < 1.29 is 4.79 Å². The fourth-order valence-electron chi connectivity index (χ4n) is 1.12. The molecular formula is C11H14BrNOS. The Morgan fingerprint density at radius 3 is 2.60 bits per heavy atom. The van der Waals surface area contributed by atoms with Crippen molar-refractivity contribution in [3.05, 3.63) is 28.7 Å². The Morgan fingerprint density at radius 2 is 2.07 bits per heavy atom. The standard InChI is InChI=1S/C11H14BrNOS/c1-8(7-15-2)11(14)13-10-5-3-9(12)4-6-10/h3-6,8H,7H2,1-2H3,(H,13,14). The zero-order valence-electron chi connectivity index (χ0n) is 8.79. The zero-order chi connectivity index (χ0) is 11.3. The Labute approximate surface area is 103 Å². The van der Waals surface area contributed by atoms with Gasteiger partial charge in [-0.15, -0.1) is 0 Å². The summed E-state index contributed by atoms with van der Waals surface area (Å²) in [4.78, 5) is 11.7. The highest BCUT2D eigenvalue weighted by Gasteiger charge is 2.11. The minimum absolute atomic E-state index is 0.0450. The van der Waals surface area contributed by atoms with Gasteiger partial charge in [0.25, 0.3) is 0 Å². The van der Waals surface area contributed by atoms with E-state index in [1.54, 1.807) is 11.8 Å². The van der Waals surface area contributed by atoms with Crippen molar-refractivity contribution in [3.8, 4) is 0 Å². The molecule has 0 aromatic heterocycles. The van der Waals surface area contributed by atoms with Gasteiger partial charge < -0.3 is 5.32 Å². The number of thioether (sulfide) groups is 1. The van der Waals surface area contributed by atoms with Crippen LogP contribution in [0.4, 0.5) is 5.69 Å². The largest absolute Gasteiger partial charge is 0.326 e. The van der Waals surface area contributed by atoms with Gasteiger partial charge in [-0.3, -0.25) is 4.79 Å². The van der Waals surface area contributed by atoms with Gasteiger partial charge in [0, 0.05) is 21.8 Å². The van der Waals surface area contributed by atoms with Crippen LogP contribution >= 0.6 is 27.7 Å². The molecule has 1 N–H and O–H groups in total. The molecule has 0 bridgehead atoms. The molecular weight excluding hydrogens is 274 g/mol. The topological polar surface area (TPSA) is 29.1 Å². The average molecular weight is 288 g/mol. The molecule has 1 atom stereocenters. The third-order valence-corrected chi connectivity index (χ3v) is 3.34. The van der Waals surface area contributed by atoms with Gasteiger partial charge in [-0.2, -0.15) is 11.8 Å². The van der Waals surface area contributed by atoms with Crippen molar-refractivity contribution in [2.24, 2.45) is 5.92 Å². The van der Waals surface area contributed by atoms with Crippen LogP contribution in [-0.4, -0.2) is 17.9 Å². The third-order valence-electron chi connectivity index (χ3n) is 1.98. The number of carbonyl (C=O) groups excluding carboxylic acids is 1. The normalized spacial score (nSPS) is 12.2. The summed E-state index contributed by atoms with van der Waals surface area (Å²) >= 11 is 5.03. The van der Waals surface area contributed by atoms with Gasteiger partial charge in [-0.1, -0.05) is 22.9 Å². The molecule has 0 saturated carbocycles. The summed E-state index contributed by atoms with van der Waals surface area (Å²) in [7, 11) is 0. The first-order valence-electron chi connectivity index (χ1n) is 4.69. The fourth-order valence-corrected chi connectivity index (χ4v) is 2.04. The summed E-state index contributed by atoms with van der Waals surface area (Å²) in [5.41, 5.74) is 0.844. The Morgan fingerprint density at radius 1 is 1.47 bits per heavy atom. The number of hydrogen-bond acceptors (Lipinski definition) is 2. The molecule has 0 heterocycles. The van der Waals surface area contributed by atoms with Crippen molar-refractivity contribution in [3.63, 3.8) is 0 Å². The van der Waals surface area contributed by atoms with E-state index >= 15 is 0 Å². The molecule has 1 rings (SSSR count). The highest BCUT2D eigenvalue weighted by Crippen LogP contribution is 2.15. The molecule has 82 valence electrons. The second-order valence-electron chi connectivity index (χ2n) is 3.35. The van der Waals surface area contributed by atoms with E-state index in [-0.39, 0.29) is 11.8 Å². The molecule has 0 spiro atoms. The molecule has 0 fully saturated rings. The number of rotatable bonds is 4. The zero-order valence-corrected chi connectivity index (χ0v) is 11.2. The van der Waals surface area contributed by atoms with Gasteiger partial charge in [0.15, 0.2) is 0 Å². The Hall–Kier alpha value is -0.480. The van der Waals surface area contributed by atoms with Crippen molar-refractivity contribution in [1.82, 2.24) is 0 Å². The molecule has 0 aliphatic rings. The first-order valence-corrected chi connectivity index (χ1v) is 6.87. The van der Waals surface area contributed by atoms with Crippen LogP contribution in [0.1, 0.15) is 6.92 Å². The number of carbonyl (C=O) groups is 1. The van der Waals surface area contributed by atoms with E-state index < -0.39 is 0 Å². The maximum atomic E-state index is 11.7. The number of halogens is 1. The number of nitrogens with one attached hydrogen (secondary N) is 1. The quantitative estimate of drug-likeness (QED) is 0.920. The lowest BCUT2D eigenvalue weighted by Crippen LogP contribution is -2.21. The number of amides is 1. The van der Waals surface area contributed by atoms with Gasteiger partial charge in [-0.05, 0) is 30.5 Å². The minimum atomic E-state index is 0.0450. The van der Waals surface area contributed by atoms with Gasteiger partial charge in [0.1, 0.15) is 0 Å². The molecule has 0 aliphatic carbocycles. The fraction of sp³-hybridized carbons (Fsp3) is 0.364. The third kappa shape index (κ3) is 4.26. The van der Waals surface area contributed by atoms with E-state index in [1.165, 1.54) is 0 Å². The second-order valence-corrected chi connectivity index (χ2v) is 5.18. The van der Waals surface area contributed by atoms with E-state index in [9.17, 15) is 4.79 Å². The molecule has 2 nitrogen and oxygen atoms in total. The van der Waals surface area contributed by atoms with Crippen LogP contribution in [0.5, 0.6) is 0 Å². The van der Waals surface area contributed by atoms with Crippen LogP contribution in [-0.2, 0) is 4.79 Å². The first-order chi connectivity index (χ1) is 7.13. The van der Waals surface area contributed by atoms with E-state index in [2.05, 4.69) is 21.2 Å². The molecule has 4 heteroatoms. The van der Waals surface area contributed by atoms with Crippen LogP contribution in [0.25, 0.3) is 0 Å². The highest BCUT2D eigenvalue weighted by molar-refractivity contribution is 9.10. The second kappa shape index (κ2) is 6.18. The van der Waals surface area contributed by atoms with Gasteiger partial charge >= 0.3 is 0 Å². The van der Waals surface area contributed by atoms with E-state index in [0.29, 0.717) is 0 Å². The predicted molar refractivity (Wildman–Crippen MR) is 70.3 cm³/mol.